The second kappa shape index (κ2) is 7.85. The van der Waals surface area contributed by atoms with E-state index < -0.39 is 5.92 Å². The van der Waals surface area contributed by atoms with Crippen LogP contribution in [0.1, 0.15) is 46.0 Å². The predicted molar refractivity (Wildman–Crippen MR) is 72.9 cm³/mol. The van der Waals surface area contributed by atoms with E-state index in [1.807, 2.05) is 19.1 Å². The lowest BCUT2D eigenvalue weighted by Crippen LogP contribution is -2.33. The molecule has 0 unspecified atom stereocenters. The van der Waals surface area contributed by atoms with Gasteiger partial charge in [0, 0.05) is 19.2 Å². The number of amides is 1. The summed E-state index contributed by atoms with van der Waals surface area (Å²) in [6.45, 7) is 4.44. The van der Waals surface area contributed by atoms with Crippen LogP contribution in [0.4, 0.5) is 0 Å². The summed E-state index contributed by atoms with van der Waals surface area (Å²) in [4.78, 5) is 25.5. The Balaban J connectivity index is 2.27. The van der Waals surface area contributed by atoms with Gasteiger partial charge < -0.3 is 4.90 Å². The predicted octanol–water partition coefficient (Wildman–Crippen LogP) is 3.07. The van der Waals surface area contributed by atoms with Crippen LogP contribution in [-0.2, 0) is 9.59 Å². The molecule has 1 heterocycles. The molecule has 0 bridgehead atoms. The Bertz CT molecular complexity index is 344. The second-order valence-electron chi connectivity index (χ2n) is 4.71. The van der Waals surface area contributed by atoms with E-state index in [2.05, 4.69) is 6.08 Å². The van der Waals surface area contributed by atoms with Crippen molar-refractivity contribution in [3.63, 3.8) is 0 Å². The zero-order valence-corrected chi connectivity index (χ0v) is 11.4. The first kappa shape index (κ1) is 14.7. The number of unbranched alkanes of at least 4 members (excludes halogenated alkanes) is 2. The van der Waals surface area contributed by atoms with Crippen molar-refractivity contribution in [2.45, 2.75) is 46.0 Å². The van der Waals surface area contributed by atoms with E-state index in [1.165, 1.54) is 0 Å². The minimum absolute atomic E-state index is 0.0535. The molecule has 1 atom stereocenters. The maximum Gasteiger partial charge on any atom is 0.236 e. The highest BCUT2D eigenvalue weighted by atomic mass is 16.2. The molecule has 0 radical (unpaired) electrons. The van der Waals surface area contributed by atoms with Gasteiger partial charge in [0.2, 0.25) is 5.91 Å². The molecule has 0 aromatic heterocycles. The quantitative estimate of drug-likeness (QED) is 0.395. The molecule has 0 aromatic rings. The largest absolute Gasteiger partial charge is 0.318 e. The van der Waals surface area contributed by atoms with E-state index in [-0.39, 0.29) is 11.7 Å². The van der Waals surface area contributed by atoms with E-state index in [0.29, 0.717) is 6.42 Å². The van der Waals surface area contributed by atoms with Crippen LogP contribution in [0.3, 0.4) is 0 Å². The molecule has 0 fully saturated rings. The molecule has 0 aliphatic carbocycles. The summed E-state index contributed by atoms with van der Waals surface area (Å²) in [6, 6.07) is 0. The maximum atomic E-state index is 12.0. The van der Waals surface area contributed by atoms with Gasteiger partial charge in [0.15, 0.2) is 0 Å². The lowest BCUT2D eigenvalue weighted by atomic mass is 9.99. The monoisotopic (exact) mass is 249 g/mol. The standard InChI is InChI=1S/C15H23NO2/c1-3-4-5-6-7-10-14(17)13(2)15(18)16-11-8-9-12-16/h3-4,8,11,13H,5-7,9-10,12H2,1-2H3/b4-3+/t13-/m1/s1. The van der Waals surface area contributed by atoms with Crippen molar-refractivity contribution in [1.82, 2.24) is 4.90 Å². The van der Waals surface area contributed by atoms with Gasteiger partial charge in [0.1, 0.15) is 5.78 Å². The van der Waals surface area contributed by atoms with Crippen molar-refractivity contribution in [2.75, 3.05) is 6.54 Å². The molecule has 1 aliphatic heterocycles. The lowest BCUT2D eigenvalue weighted by molar-refractivity contribution is -0.138. The lowest BCUT2D eigenvalue weighted by Gasteiger charge is -2.17. The first-order valence-electron chi connectivity index (χ1n) is 6.78. The summed E-state index contributed by atoms with van der Waals surface area (Å²) in [7, 11) is 0. The Hall–Kier alpha value is -1.38. The van der Waals surface area contributed by atoms with Crippen molar-refractivity contribution in [3.8, 4) is 0 Å². The fourth-order valence-corrected chi connectivity index (χ4v) is 2.00. The summed E-state index contributed by atoms with van der Waals surface area (Å²) >= 11 is 0. The molecule has 3 nitrogen and oxygen atoms in total. The fourth-order valence-electron chi connectivity index (χ4n) is 2.00. The molecule has 0 spiro atoms. The molecule has 0 N–H and O–H groups in total. The third kappa shape index (κ3) is 4.47. The first-order valence-corrected chi connectivity index (χ1v) is 6.78. The van der Waals surface area contributed by atoms with E-state index in [9.17, 15) is 9.59 Å². The number of hydrogen-bond donors (Lipinski definition) is 0. The molecule has 1 aliphatic rings. The Morgan fingerprint density at radius 3 is 2.78 bits per heavy atom. The summed E-state index contributed by atoms with van der Waals surface area (Å²) < 4.78 is 0. The van der Waals surface area contributed by atoms with E-state index >= 15 is 0 Å². The highest BCUT2D eigenvalue weighted by Crippen LogP contribution is 2.13. The molecule has 100 valence electrons. The average Bonchev–Trinajstić information content (AvgIpc) is 2.90. The highest BCUT2D eigenvalue weighted by molar-refractivity contribution is 6.01. The average molecular weight is 249 g/mol. The first-order chi connectivity index (χ1) is 8.66. The minimum atomic E-state index is -0.491. The molecule has 1 amide bonds. The van der Waals surface area contributed by atoms with Crippen LogP contribution in [-0.4, -0.2) is 23.1 Å². The normalized spacial score (nSPS) is 16.4. The number of carbonyl (C=O) groups excluding carboxylic acids is 2. The number of hydrogen-bond acceptors (Lipinski definition) is 2. The Morgan fingerprint density at radius 1 is 1.39 bits per heavy atom. The molecule has 0 saturated heterocycles. The van der Waals surface area contributed by atoms with E-state index in [0.717, 1.165) is 32.2 Å². The van der Waals surface area contributed by atoms with Gasteiger partial charge in [0.05, 0.1) is 5.92 Å². The van der Waals surface area contributed by atoms with Gasteiger partial charge in [-0.15, -0.1) is 0 Å². The smallest absolute Gasteiger partial charge is 0.236 e. The van der Waals surface area contributed by atoms with Gasteiger partial charge in [0.25, 0.3) is 0 Å². The Labute approximate surface area is 110 Å². The molecular formula is C15H23NO2. The zero-order chi connectivity index (χ0) is 13.4. The summed E-state index contributed by atoms with van der Waals surface area (Å²) in [6.07, 6.45) is 12.2. The third-order valence-electron chi connectivity index (χ3n) is 3.24. The zero-order valence-electron chi connectivity index (χ0n) is 11.4. The Kier molecular flexibility index (Phi) is 6.40. The van der Waals surface area contributed by atoms with Crippen LogP contribution in [0.2, 0.25) is 0 Å². The molecule has 0 saturated carbocycles. The number of carbonyl (C=O) groups is 2. The minimum Gasteiger partial charge on any atom is -0.318 e. The molecular weight excluding hydrogens is 226 g/mol. The second-order valence-corrected chi connectivity index (χ2v) is 4.71. The van der Waals surface area contributed by atoms with Crippen molar-refractivity contribution < 1.29 is 9.59 Å². The molecule has 18 heavy (non-hydrogen) atoms. The van der Waals surface area contributed by atoms with Crippen molar-refractivity contribution in [3.05, 3.63) is 24.4 Å². The van der Waals surface area contributed by atoms with Crippen LogP contribution < -0.4 is 0 Å². The van der Waals surface area contributed by atoms with Crippen LogP contribution in [0.5, 0.6) is 0 Å². The van der Waals surface area contributed by atoms with Crippen LogP contribution >= 0.6 is 0 Å². The van der Waals surface area contributed by atoms with Crippen molar-refractivity contribution in [1.29, 1.82) is 0 Å². The van der Waals surface area contributed by atoms with Crippen molar-refractivity contribution in [2.24, 2.45) is 5.92 Å². The summed E-state index contributed by atoms with van der Waals surface area (Å²) in [5, 5.41) is 0. The molecule has 0 aromatic carbocycles. The van der Waals surface area contributed by atoms with Gasteiger partial charge >= 0.3 is 0 Å². The van der Waals surface area contributed by atoms with E-state index in [4.69, 9.17) is 0 Å². The Morgan fingerprint density at radius 2 is 2.17 bits per heavy atom. The summed E-state index contributed by atoms with van der Waals surface area (Å²) in [5.41, 5.74) is 0. The molecule has 3 heteroatoms. The van der Waals surface area contributed by atoms with E-state index in [1.54, 1.807) is 18.0 Å². The molecule has 1 rings (SSSR count). The van der Waals surface area contributed by atoms with Crippen molar-refractivity contribution >= 4 is 11.7 Å². The van der Waals surface area contributed by atoms with Gasteiger partial charge in [-0.25, -0.2) is 0 Å². The number of nitrogens with zero attached hydrogens (tertiary/aromatic N) is 1. The third-order valence-corrected chi connectivity index (χ3v) is 3.24. The van der Waals surface area contributed by atoms with Gasteiger partial charge in [-0.05, 0) is 39.5 Å². The maximum absolute atomic E-state index is 12.0. The SMILES string of the molecule is C/C=C/CCCCC(=O)[C@@H](C)C(=O)N1C=CCC1. The summed E-state index contributed by atoms with van der Waals surface area (Å²) in [5.74, 6) is -0.475. The number of Topliss-reactive ketones (excluding diaryl/α,β-unsaturated/α-hetero) is 1. The fraction of sp³-hybridized carbons (Fsp3) is 0.600. The van der Waals surface area contributed by atoms with Crippen LogP contribution in [0.25, 0.3) is 0 Å². The van der Waals surface area contributed by atoms with Gasteiger partial charge in [-0.2, -0.15) is 0 Å². The van der Waals surface area contributed by atoms with Gasteiger partial charge in [-0.3, -0.25) is 9.59 Å². The number of allylic oxidation sites excluding steroid dienone is 2. The van der Waals surface area contributed by atoms with Crippen LogP contribution in [0.15, 0.2) is 24.4 Å². The highest BCUT2D eigenvalue weighted by Gasteiger charge is 2.25. The number of ketones is 1. The topological polar surface area (TPSA) is 37.4 Å². The number of rotatable bonds is 7. The van der Waals surface area contributed by atoms with Gasteiger partial charge in [-0.1, -0.05) is 18.2 Å². The van der Waals surface area contributed by atoms with Crippen LogP contribution in [0, 0.1) is 5.92 Å².